The highest BCUT2D eigenvalue weighted by atomic mass is 32.2. The Morgan fingerprint density at radius 2 is 1.56 bits per heavy atom. The first-order valence-electron chi connectivity index (χ1n) is 10.1. The van der Waals surface area contributed by atoms with Crippen molar-refractivity contribution < 1.29 is 23.9 Å². The number of thioether (sulfide) groups is 1. The van der Waals surface area contributed by atoms with Gasteiger partial charge in [-0.15, -0.1) is 10.2 Å². The first-order chi connectivity index (χ1) is 16.2. The molecule has 178 valence electrons. The van der Waals surface area contributed by atoms with E-state index in [4.69, 9.17) is 9.47 Å². The third-order valence-corrected chi connectivity index (χ3v) is 5.89. The van der Waals surface area contributed by atoms with E-state index in [9.17, 15) is 14.4 Å². The number of aromatic nitrogens is 3. The molecule has 0 fully saturated rings. The van der Waals surface area contributed by atoms with Crippen LogP contribution >= 0.6 is 11.8 Å². The number of carbonyl (C=O) groups is 3. The van der Waals surface area contributed by atoms with Gasteiger partial charge in [-0.25, -0.2) is 9.59 Å². The minimum Gasteiger partial charge on any atom is -0.465 e. The SMILES string of the molecule is COC(=O)c1cc(NC(=O)CSc2nnc(-c3ccc(N(C)C)cc3)n2C)cc(C(=O)OC)c1. The molecule has 2 aromatic carbocycles. The molecule has 1 amide bonds. The molecule has 0 unspecified atom stereocenters. The summed E-state index contributed by atoms with van der Waals surface area (Å²) >= 11 is 1.21. The van der Waals surface area contributed by atoms with Crippen LogP contribution in [-0.2, 0) is 21.3 Å². The van der Waals surface area contributed by atoms with Crippen molar-refractivity contribution in [2.45, 2.75) is 5.16 Å². The Labute approximate surface area is 201 Å². The summed E-state index contributed by atoms with van der Waals surface area (Å²) in [5.41, 5.74) is 2.49. The average molecular weight is 484 g/mol. The summed E-state index contributed by atoms with van der Waals surface area (Å²) in [7, 11) is 8.23. The van der Waals surface area contributed by atoms with Crippen LogP contribution in [0.3, 0.4) is 0 Å². The number of ether oxygens (including phenoxy) is 2. The quantitative estimate of drug-likeness (QED) is 0.381. The van der Waals surface area contributed by atoms with Gasteiger partial charge in [0.1, 0.15) is 0 Å². The van der Waals surface area contributed by atoms with E-state index in [2.05, 4.69) is 15.5 Å². The number of anilines is 2. The third kappa shape index (κ3) is 5.73. The summed E-state index contributed by atoms with van der Waals surface area (Å²) in [6, 6.07) is 12.1. The van der Waals surface area contributed by atoms with Crippen LogP contribution in [-0.4, -0.2) is 66.7 Å². The lowest BCUT2D eigenvalue weighted by Gasteiger charge is -2.12. The van der Waals surface area contributed by atoms with E-state index >= 15 is 0 Å². The monoisotopic (exact) mass is 483 g/mol. The summed E-state index contributed by atoms with van der Waals surface area (Å²) in [5, 5.41) is 11.7. The predicted octanol–water partition coefficient (Wildman–Crippen LogP) is 2.85. The second kappa shape index (κ2) is 10.8. The Hall–Kier alpha value is -3.86. The van der Waals surface area contributed by atoms with Gasteiger partial charge in [-0.05, 0) is 42.5 Å². The Kier molecular flexibility index (Phi) is 7.90. The lowest BCUT2D eigenvalue weighted by Crippen LogP contribution is -2.16. The minimum absolute atomic E-state index is 0.0432. The lowest BCUT2D eigenvalue weighted by atomic mass is 10.1. The number of nitrogens with zero attached hydrogens (tertiary/aromatic N) is 4. The molecule has 1 heterocycles. The molecule has 10 nitrogen and oxygen atoms in total. The summed E-state index contributed by atoms with van der Waals surface area (Å²) < 4.78 is 11.2. The molecular formula is C23H25N5O5S. The number of hydrogen-bond acceptors (Lipinski definition) is 9. The number of amides is 1. The van der Waals surface area contributed by atoms with Gasteiger partial charge in [-0.3, -0.25) is 4.79 Å². The first-order valence-corrected chi connectivity index (χ1v) is 11.1. The maximum atomic E-state index is 12.6. The van der Waals surface area contributed by atoms with E-state index in [0.29, 0.717) is 11.0 Å². The summed E-state index contributed by atoms with van der Waals surface area (Å²) in [5.74, 6) is -0.896. The van der Waals surface area contributed by atoms with E-state index in [1.54, 1.807) is 0 Å². The van der Waals surface area contributed by atoms with Crippen molar-refractivity contribution >= 4 is 41.0 Å². The van der Waals surface area contributed by atoms with Crippen molar-refractivity contribution in [3.05, 3.63) is 53.6 Å². The zero-order valence-corrected chi connectivity index (χ0v) is 20.3. The standard InChI is InChI=1S/C23H25N5O5S/c1-27(2)18-8-6-14(7-9-18)20-25-26-23(28(20)3)34-13-19(29)24-17-11-15(21(30)32-4)10-16(12-17)22(31)33-5/h6-12H,13H2,1-5H3,(H,24,29). The van der Waals surface area contributed by atoms with Crippen molar-refractivity contribution in [1.82, 2.24) is 14.8 Å². The van der Waals surface area contributed by atoms with Gasteiger partial charge in [0, 0.05) is 38.1 Å². The molecule has 0 radical (unpaired) electrons. The molecule has 0 saturated heterocycles. The van der Waals surface area contributed by atoms with Crippen LogP contribution in [0.15, 0.2) is 47.6 Å². The summed E-state index contributed by atoms with van der Waals surface area (Å²) in [4.78, 5) is 38.4. The molecule has 0 spiro atoms. The molecule has 0 aliphatic carbocycles. The van der Waals surface area contributed by atoms with Crippen LogP contribution in [0.2, 0.25) is 0 Å². The van der Waals surface area contributed by atoms with Crippen molar-refractivity contribution in [2.75, 3.05) is 44.3 Å². The maximum absolute atomic E-state index is 12.6. The van der Waals surface area contributed by atoms with Crippen LogP contribution < -0.4 is 10.2 Å². The van der Waals surface area contributed by atoms with Crippen LogP contribution in [0.5, 0.6) is 0 Å². The zero-order valence-electron chi connectivity index (χ0n) is 19.5. The Morgan fingerprint density at radius 1 is 0.971 bits per heavy atom. The summed E-state index contributed by atoms with van der Waals surface area (Å²) in [6.45, 7) is 0. The number of hydrogen-bond donors (Lipinski definition) is 1. The molecule has 0 saturated carbocycles. The molecule has 0 aliphatic heterocycles. The average Bonchev–Trinajstić information content (AvgIpc) is 3.21. The molecule has 0 bridgehead atoms. The zero-order chi connectivity index (χ0) is 24.8. The van der Waals surface area contributed by atoms with Crippen LogP contribution in [0.4, 0.5) is 11.4 Å². The number of esters is 2. The maximum Gasteiger partial charge on any atom is 0.337 e. The number of benzene rings is 2. The van der Waals surface area contributed by atoms with Crippen molar-refractivity contribution in [3.63, 3.8) is 0 Å². The van der Waals surface area contributed by atoms with Crippen LogP contribution in [0.25, 0.3) is 11.4 Å². The van der Waals surface area contributed by atoms with Crippen molar-refractivity contribution in [1.29, 1.82) is 0 Å². The molecule has 1 aromatic heterocycles. The third-order valence-electron chi connectivity index (χ3n) is 4.87. The van der Waals surface area contributed by atoms with Gasteiger partial charge in [0.15, 0.2) is 11.0 Å². The van der Waals surface area contributed by atoms with E-state index in [0.717, 1.165) is 11.3 Å². The van der Waals surface area contributed by atoms with Crippen molar-refractivity contribution in [3.8, 4) is 11.4 Å². The largest absolute Gasteiger partial charge is 0.465 e. The fraction of sp³-hybridized carbons (Fsp3) is 0.261. The lowest BCUT2D eigenvalue weighted by molar-refractivity contribution is -0.113. The second-order valence-corrected chi connectivity index (χ2v) is 8.37. The van der Waals surface area contributed by atoms with E-state index in [-0.39, 0.29) is 28.5 Å². The molecule has 3 rings (SSSR count). The van der Waals surface area contributed by atoms with Crippen molar-refractivity contribution in [2.24, 2.45) is 7.05 Å². The van der Waals surface area contributed by atoms with Gasteiger partial charge >= 0.3 is 11.9 Å². The summed E-state index contributed by atoms with van der Waals surface area (Å²) in [6.07, 6.45) is 0. The topological polar surface area (TPSA) is 116 Å². The highest BCUT2D eigenvalue weighted by Gasteiger charge is 2.17. The highest BCUT2D eigenvalue weighted by molar-refractivity contribution is 7.99. The number of nitrogens with one attached hydrogen (secondary N) is 1. The molecule has 0 atom stereocenters. The van der Waals surface area contributed by atoms with Gasteiger partial charge in [0.25, 0.3) is 0 Å². The second-order valence-electron chi connectivity index (χ2n) is 7.43. The number of rotatable bonds is 8. The molecular weight excluding hydrogens is 458 g/mol. The van der Waals surface area contributed by atoms with E-state index in [1.165, 1.54) is 44.2 Å². The van der Waals surface area contributed by atoms with Gasteiger partial charge in [0.2, 0.25) is 5.91 Å². The normalized spacial score (nSPS) is 10.5. The molecule has 11 heteroatoms. The number of methoxy groups -OCH3 is 2. The smallest absolute Gasteiger partial charge is 0.337 e. The first kappa shape index (κ1) is 24.8. The molecule has 3 aromatic rings. The van der Waals surface area contributed by atoms with Gasteiger partial charge in [-0.2, -0.15) is 0 Å². The van der Waals surface area contributed by atoms with Gasteiger partial charge in [0.05, 0.1) is 31.1 Å². The minimum atomic E-state index is -0.638. The van der Waals surface area contributed by atoms with E-state index in [1.807, 2.05) is 54.9 Å². The van der Waals surface area contributed by atoms with Crippen LogP contribution in [0, 0.1) is 0 Å². The van der Waals surface area contributed by atoms with Crippen LogP contribution in [0.1, 0.15) is 20.7 Å². The Balaban J connectivity index is 1.70. The van der Waals surface area contributed by atoms with Gasteiger partial charge < -0.3 is 24.3 Å². The number of carbonyl (C=O) groups excluding carboxylic acids is 3. The van der Waals surface area contributed by atoms with E-state index < -0.39 is 11.9 Å². The fourth-order valence-electron chi connectivity index (χ4n) is 3.10. The highest BCUT2D eigenvalue weighted by Crippen LogP contribution is 2.25. The molecule has 34 heavy (non-hydrogen) atoms. The molecule has 1 N–H and O–H groups in total. The Morgan fingerprint density at radius 3 is 2.09 bits per heavy atom. The molecule has 0 aliphatic rings. The van der Waals surface area contributed by atoms with Gasteiger partial charge in [-0.1, -0.05) is 11.8 Å². The Bertz CT molecular complexity index is 1170. The fourth-order valence-corrected chi connectivity index (χ4v) is 3.81. The predicted molar refractivity (Wildman–Crippen MR) is 129 cm³/mol.